The number of hydrogen-bond acceptors (Lipinski definition) is 6. The van der Waals surface area contributed by atoms with E-state index in [-0.39, 0.29) is 12.8 Å². The van der Waals surface area contributed by atoms with E-state index in [1.807, 2.05) is 6.07 Å². The van der Waals surface area contributed by atoms with Crippen LogP contribution in [-0.2, 0) is 4.79 Å². The van der Waals surface area contributed by atoms with Gasteiger partial charge in [-0.2, -0.15) is 0 Å². The van der Waals surface area contributed by atoms with Crippen LogP contribution in [0.3, 0.4) is 0 Å². The standard InChI is InChI=1S/C20H24FN7O/c1-14(2)13-27-6-3-20(21,4-7-27)19(29)25-18-10-15-9-16(28-8-5-24-26-28)11-22-17(15)12-23-18/h5,8-12,14H,3-4,6-7,13H2,1-2H3,(H,23,25,29). The topological polar surface area (TPSA) is 88.8 Å². The third kappa shape index (κ3) is 4.24. The molecule has 1 aliphatic rings. The number of carbonyl (C=O) groups excluding carboxylic acids is 1. The zero-order valence-electron chi connectivity index (χ0n) is 16.5. The van der Waals surface area contributed by atoms with Gasteiger partial charge in [-0.3, -0.25) is 9.78 Å². The molecule has 0 radical (unpaired) electrons. The lowest BCUT2D eigenvalue weighted by molar-refractivity contribution is -0.130. The summed E-state index contributed by atoms with van der Waals surface area (Å²) in [6.45, 7) is 6.36. The number of rotatable bonds is 5. The maximum absolute atomic E-state index is 15.2. The Morgan fingerprint density at radius 2 is 2.03 bits per heavy atom. The summed E-state index contributed by atoms with van der Waals surface area (Å²) in [6, 6.07) is 3.56. The highest BCUT2D eigenvalue weighted by molar-refractivity contribution is 5.98. The van der Waals surface area contributed by atoms with Crippen molar-refractivity contribution >= 4 is 22.6 Å². The number of aromatic nitrogens is 5. The van der Waals surface area contributed by atoms with Crippen molar-refractivity contribution in [2.45, 2.75) is 32.4 Å². The fraction of sp³-hybridized carbons (Fsp3) is 0.450. The van der Waals surface area contributed by atoms with Crippen LogP contribution in [0, 0.1) is 5.92 Å². The first-order valence-corrected chi connectivity index (χ1v) is 9.78. The maximum Gasteiger partial charge on any atom is 0.263 e. The summed E-state index contributed by atoms with van der Waals surface area (Å²) in [4.78, 5) is 23.4. The van der Waals surface area contributed by atoms with Crippen LogP contribution in [0.4, 0.5) is 10.2 Å². The monoisotopic (exact) mass is 397 g/mol. The molecule has 29 heavy (non-hydrogen) atoms. The van der Waals surface area contributed by atoms with Crippen molar-refractivity contribution in [2.75, 3.05) is 25.0 Å². The molecule has 0 aliphatic carbocycles. The molecule has 9 heteroatoms. The van der Waals surface area contributed by atoms with E-state index in [2.05, 4.69) is 44.3 Å². The van der Waals surface area contributed by atoms with E-state index < -0.39 is 11.6 Å². The average Bonchev–Trinajstić information content (AvgIpc) is 3.24. The largest absolute Gasteiger partial charge is 0.308 e. The normalized spacial score (nSPS) is 17.0. The smallest absolute Gasteiger partial charge is 0.263 e. The van der Waals surface area contributed by atoms with E-state index in [0.29, 0.717) is 30.3 Å². The maximum atomic E-state index is 15.2. The van der Waals surface area contributed by atoms with Crippen molar-refractivity contribution in [1.82, 2.24) is 29.9 Å². The van der Waals surface area contributed by atoms with Gasteiger partial charge in [0.1, 0.15) is 5.82 Å². The van der Waals surface area contributed by atoms with E-state index in [4.69, 9.17) is 0 Å². The number of alkyl halides is 1. The number of hydrogen-bond donors (Lipinski definition) is 1. The molecule has 1 amide bonds. The van der Waals surface area contributed by atoms with Gasteiger partial charge in [0.25, 0.3) is 5.91 Å². The highest BCUT2D eigenvalue weighted by Gasteiger charge is 2.41. The number of likely N-dealkylation sites (tertiary alicyclic amines) is 1. The van der Waals surface area contributed by atoms with Crippen LogP contribution in [0.25, 0.3) is 16.6 Å². The summed E-state index contributed by atoms with van der Waals surface area (Å²) in [5.74, 6) is 0.198. The predicted molar refractivity (Wildman–Crippen MR) is 107 cm³/mol. The summed E-state index contributed by atoms with van der Waals surface area (Å²) in [7, 11) is 0. The van der Waals surface area contributed by atoms with Gasteiger partial charge < -0.3 is 10.2 Å². The molecule has 0 saturated carbocycles. The van der Waals surface area contributed by atoms with Gasteiger partial charge in [-0.15, -0.1) is 5.10 Å². The first-order chi connectivity index (χ1) is 13.9. The second-order valence-corrected chi connectivity index (χ2v) is 7.92. The summed E-state index contributed by atoms with van der Waals surface area (Å²) in [5.41, 5.74) is -0.466. The van der Waals surface area contributed by atoms with Crippen molar-refractivity contribution < 1.29 is 9.18 Å². The number of pyridine rings is 2. The first-order valence-electron chi connectivity index (χ1n) is 9.78. The molecule has 8 nitrogen and oxygen atoms in total. The third-order valence-electron chi connectivity index (χ3n) is 5.16. The van der Waals surface area contributed by atoms with E-state index in [1.165, 1.54) is 0 Å². The zero-order chi connectivity index (χ0) is 20.4. The number of amides is 1. The lowest BCUT2D eigenvalue weighted by atomic mass is 9.92. The highest BCUT2D eigenvalue weighted by Crippen LogP contribution is 2.29. The van der Waals surface area contributed by atoms with E-state index in [0.717, 1.165) is 17.6 Å². The summed E-state index contributed by atoms with van der Waals surface area (Å²) < 4.78 is 16.8. The van der Waals surface area contributed by atoms with E-state index >= 15 is 4.39 Å². The van der Waals surface area contributed by atoms with E-state index in [9.17, 15) is 4.79 Å². The second kappa shape index (κ2) is 7.82. The molecule has 0 aromatic carbocycles. The molecule has 0 atom stereocenters. The van der Waals surface area contributed by atoms with E-state index in [1.54, 1.807) is 35.5 Å². The average molecular weight is 397 g/mol. The van der Waals surface area contributed by atoms with Crippen molar-refractivity contribution in [3.05, 3.63) is 36.9 Å². The third-order valence-corrected chi connectivity index (χ3v) is 5.16. The second-order valence-electron chi connectivity index (χ2n) is 7.92. The van der Waals surface area contributed by atoms with Gasteiger partial charge in [0, 0.05) is 37.9 Å². The molecule has 1 saturated heterocycles. The minimum Gasteiger partial charge on any atom is -0.308 e. The molecule has 1 fully saturated rings. The van der Waals surface area contributed by atoms with Crippen LogP contribution in [0.5, 0.6) is 0 Å². The Labute approximate surface area is 168 Å². The van der Waals surface area contributed by atoms with Crippen LogP contribution in [0.1, 0.15) is 26.7 Å². The fourth-order valence-corrected chi connectivity index (χ4v) is 3.62. The van der Waals surface area contributed by atoms with Crippen molar-refractivity contribution in [1.29, 1.82) is 0 Å². The van der Waals surface area contributed by atoms with Crippen LogP contribution in [0.15, 0.2) is 36.9 Å². The lowest BCUT2D eigenvalue weighted by Crippen LogP contribution is -2.49. The predicted octanol–water partition coefficient (Wildman–Crippen LogP) is 2.61. The lowest BCUT2D eigenvalue weighted by Gasteiger charge is -2.36. The highest BCUT2D eigenvalue weighted by atomic mass is 19.1. The van der Waals surface area contributed by atoms with Crippen molar-refractivity contribution in [2.24, 2.45) is 5.92 Å². The van der Waals surface area contributed by atoms with Crippen LogP contribution in [-0.4, -0.2) is 61.1 Å². The molecule has 4 heterocycles. The van der Waals surface area contributed by atoms with Crippen molar-refractivity contribution in [3.63, 3.8) is 0 Å². The molecular weight excluding hydrogens is 373 g/mol. The fourth-order valence-electron chi connectivity index (χ4n) is 3.62. The number of piperidine rings is 1. The molecule has 3 aromatic heterocycles. The van der Waals surface area contributed by atoms with Crippen LogP contribution < -0.4 is 5.32 Å². The number of nitrogens with zero attached hydrogens (tertiary/aromatic N) is 6. The summed E-state index contributed by atoms with van der Waals surface area (Å²) >= 11 is 0. The number of halogens is 1. The van der Waals surface area contributed by atoms with Gasteiger partial charge in [0.2, 0.25) is 0 Å². The Kier molecular flexibility index (Phi) is 5.23. The Morgan fingerprint density at radius 3 is 2.72 bits per heavy atom. The minimum atomic E-state index is -1.87. The first kappa shape index (κ1) is 19.4. The van der Waals surface area contributed by atoms with Gasteiger partial charge in [-0.25, -0.2) is 14.1 Å². The molecule has 1 aliphatic heterocycles. The van der Waals surface area contributed by atoms with Crippen LogP contribution in [0.2, 0.25) is 0 Å². The minimum absolute atomic E-state index is 0.192. The molecule has 0 bridgehead atoms. The van der Waals surface area contributed by atoms with Crippen LogP contribution >= 0.6 is 0 Å². The zero-order valence-corrected chi connectivity index (χ0v) is 16.5. The van der Waals surface area contributed by atoms with Gasteiger partial charge in [0.15, 0.2) is 5.67 Å². The number of nitrogens with one attached hydrogen (secondary N) is 1. The van der Waals surface area contributed by atoms with Gasteiger partial charge >= 0.3 is 0 Å². The molecule has 1 N–H and O–H groups in total. The van der Waals surface area contributed by atoms with Gasteiger partial charge in [-0.05, 0) is 18.1 Å². The quantitative estimate of drug-likeness (QED) is 0.712. The number of fused-ring (bicyclic) bond motifs is 1. The summed E-state index contributed by atoms with van der Waals surface area (Å²) in [5, 5.41) is 11.1. The molecule has 0 unspecified atom stereocenters. The number of carbonyl (C=O) groups is 1. The SMILES string of the molecule is CC(C)CN1CCC(F)(C(=O)Nc2cc3cc(-n4ccnn4)cnc3cn2)CC1. The molecule has 0 spiro atoms. The Morgan fingerprint density at radius 1 is 1.24 bits per heavy atom. The van der Waals surface area contributed by atoms with Crippen molar-refractivity contribution in [3.8, 4) is 5.69 Å². The summed E-state index contributed by atoms with van der Waals surface area (Å²) in [6.07, 6.45) is 6.90. The van der Waals surface area contributed by atoms with Gasteiger partial charge in [0.05, 0.1) is 36.0 Å². The van der Waals surface area contributed by atoms with Gasteiger partial charge in [-0.1, -0.05) is 19.1 Å². The Bertz CT molecular complexity index is 997. The molecule has 4 rings (SSSR count). The Balaban J connectivity index is 1.48. The Hall–Kier alpha value is -2.94. The molecular formula is C20H24FN7O. The molecule has 3 aromatic rings. The number of anilines is 1. The molecule has 152 valence electrons.